The molecule has 2 aromatic carbocycles. The van der Waals surface area contributed by atoms with Gasteiger partial charge in [-0.15, -0.1) is 24.0 Å². The molecule has 0 saturated carbocycles. The SMILES string of the molecule is CCNC(=NCc1cccc(C)c1)NCC(O)CN1CCc2ccccc2C1.I. The van der Waals surface area contributed by atoms with E-state index in [9.17, 15) is 5.11 Å². The maximum Gasteiger partial charge on any atom is 0.191 e. The van der Waals surface area contributed by atoms with Crippen LogP contribution < -0.4 is 10.6 Å². The van der Waals surface area contributed by atoms with Crippen molar-refractivity contribution in [3.63, 3.8) is 0 Å². The predicted octanol–water partition coefficient (Wildman–Crippen LogP) is 3.09. The Hall–Kier alpha value is -1.64. The van der Waals surface area contributed by atoms with Crippen LogP contribution in [0.1, 0.15) is 29.2 Å². The molecule has 0 aromatic heterocycles. The molecule has 1 aliphatic rings. The van der Waals surface area contributed by atoms with Crippen molar-refractivity contribution in [3.05, 3.63) is 70.8 Å². The summed E-state index contributed by atoms with van der Waals surface area (Å²) in [7, 11) is 0. The first kappa shape index (κ1) is 23.6. The Balaban J connectivity index is 0.00000300. The van der Waals surface area contributed by atoms with Gasteiger partial charge in [0.2, 0.25) is 0 Å². The Kier molecular flexibility index (Phi) is 9.90. The number of aliphatic hydroxyl groups is 1. The quantitative estimate of drug-likeness (QED) is 0.306. The fourth-order valence-electron chi connectivity index (χ4n) is 3.61. The summed E-state index contributed by atoms with van der Waals surface area (Å²) >= 11 is 0. The van der Waals surface area contributed by atoms with E-state index in [-0.39, 0.29) is 24.0 Å². The molecule has 0 amide bonds. The number of aryl methyl sites for hydroxylation is 1. The van der Waals surface area contributed by atoms with Gasteiger partial charge >= 0.3 is 0 Å². The van der Waals surface area contributed by atoms with Crippen LogP contribution in [0.4, 0.5) is 0 Å². The van der Waals surface area contributed by atoms with Crippen LogP contribution in [-0.2, 0) is 19.5 Å². The van der Waals surface area contributed by atoms with Gasteiger partial charge in [-0.1, -0.05) is 54.1 Å². The van der Waals surface area contributed by atoms with E-state index in [0.29, 0.717) is 19.6 Å². The third kappa shape index (κ3) is 7.60. The highest BCUT2D eigenvalue weighted by Gasteiger charge is 2.18. The van der Waals surface area contributed by atoms with Gasteiger partial charge in [0.25, 0.3) is 0 Å². The van der Waals surface area contributed by atoms with Crippen LogP contribution >= 0.6 is 24.0 Å². The summed E-state index contributed by atoms with van der Waals surface area (Å²) in [6.45, 7) is 8.60. The molecule has 0 saturated heterocycles. The number of hydrogen-bond donors (Lipinski definition) is 3. The average molecular weight is 508 g/mol. The van der Waals surface area contributed by atoms with Crippen LogP contribution in [0.5, 0.6) is 0 Å². The zero-order valence-corrected chi connectivity index (χ0v) is 19.7. The Bertz CT molecular complexity index is 796. The standard InChI is InChI=1S/C23H32N4O.HI/c1-3-24-23(25-14-19-8-6-7-18(2)13-19)26-15-22(28)17-27-12-11-20-9-4-5-10-21(20)16-27;/h4-10,13,22,28H,3,11-12,14-17H2,1-2H3,(H2,24,25,26);1H. The van der Waals surface area contributed by atoms with E-state index in [0.717, 1.165) is 32.0 Å². The summed E-state index contributed by atoms with van der Waals surface area (Å²) in [6, 6.07) is 17.0. The van der Waals surface area contributed by atoms with Crippen molar-refractivity contribution in [1.82, 2.24) is 15.5 Å². The largest absolute Gasteiger partial charge is 0.390 e. The number of aliphatic hydroxyl groups excluding tert-OH is 1. The Morgan fingerprint density at radius 1 is 1.14 bits per heavy atom. The van der Waals surface area contributed by atoms with Gasteiger partial charge in [-0.25, -0.2) is 4.99 Å². The number of rotatable bonds is 7. The molecule has 6 heteroatoms. The molecule has 1 atom stereocenters. The van der Waals surface area contributed by atoms with Gasteiger partial charge in [-0.2, -0.15) is 0 Å². The molecule has 3 rings (SSSR count). The molecule has 0 bridgehead atoms. The predicted molar refractivity (Wildman–Crippen MR) is 131 cm³/mol. The molecule has 5 nitrogen and oxygen atoms in total. The smallest absolute Gasteiger partial charge is 0.191 e. The zero-order valence-electron chi connectivity index (χ0n) is 17.4. The summed E-state index contributed by atoms with van der Waals surface area (Å²) in [5.41, 5.74) is 5.24. The van der Waals surface area contributed by atoms with Gasteiger partial charge in [0.1, 0.15) is 0 Å². The molecule has 0 radical (unpaired) electrons. The van der Waals surface area contributed by atoms with Crippen molar-refractivity contribution in [1.29, 1.82) is 0 Å². The molecule has 3 N–H and O–H groups in total. The van der Waals surface area contributed by atoms with E-state index in [4.69, 9.17) is 0 Å². The number of benzene rings is 2. The highest BCUT2D eigenvalue weighted by molar-refractivity contribution is 14.0. The Morgan fingerprint density at radius 3 is 2.69 bits per heavy atom. The first-order valence-corrected chi connectivity index (χ1v) is 10.2. The summed E-state index contributed by atoms with van der Waals surface area (Å²) in [5, 5.41) is 17.0. The minimum absolute atomic E-state index is 0. The van der Waals surface area contributed by atoms with E-state index >= 15 is 0 Å². The third-order valence-corrected chi connectivity index (χ3v) is 5.03. The first-order chi connectivity index (χ1) is 13.6. The van der Waals surface area contributed by atoms with Crippen molar-refractivity contribution in [2.24, 2.45) is 4.99 Å². The number of aliphatic imine (C=N–C) groups is 1. The van der Waals surface area contributed by atoms with E-state index in [2.05, 4.69) is 76.0 Å². The molecule has 0 fully saturated rings. The van der Waals surface area contributed by atoms with Gasteiger partial charge in [-0.3, -0.25) is 4.90 Å². The summed E-state index contributed by atoms with van der Waals surface area (Å²) in [5.74, 6) is 0.743. The van der Waals surface area contributed by atoms with Crippen molar-refractivity contribution in [3.8, 4) is 0 Å². The number of hydrogen-bond acceptors (Lipinski definition) is 3. The van der Waals surface area contributed by atoms with Crippen LogP contribution in [0.25, 0.3) is 0 Å². The number of fused-ring (bicyclic) bond motifs is 1. The number of nitrogens with one attached hydrogen (secondary N) is 2. The van der Waals surface area contributed by atoms with Crippen LogP contribution in [0, 0.1) is 6.92 Å². The molecule has 1 heterocycles. The number of nitrogens with zero attached hydrogens (tertiary/aromatic N) is 2. The maximum atomic E-state index is 10.5. The van der Waals surface area contributed by atoms with E-state index in [1.54, 1.807) is 0 Å². The van der Waals surface area contributed by atoms with Crippen LogP contribution in [0.2, 0.25) is 0 Å². The molecule has 2 aromatic rings. The number of guanidine groups is 1. The van der Waals surface area contributed by atoms with Crippen molar-refractivity contribution in [2.45, 2.75) is 39.5 Å². The lowest BCUT2D eigenvalue weighted by Crippen LogP contribution is -2.45. The molecular weight excluding hydrogens is 475 g/mol. The number of halogens is 1. The first-order valence-electron chi connectivity index (χ1n) is 10.2. The fourth-order valence-corrected chi connectivity index (χ4v) is 3.61. The minimum Gasteiger partial charge on any atom is -0.390 e. The lowest BCUT2D eigenvalue weighted by molar-refractivity contribution is 0.108. The molecule has 0 aliphatic carbocycles. The molecule has 1 unspecified atom stereocenters. The fraction of sp³-hybridized carbons (Fsp3) is 0.435. The highest BCUT2D eigenvalue weighted by Crippen LogP contribution is 2.18. The summed E-state index contributed by atoms with van der Waals surface area (Å²) in [4.78, 5) is 6.97. The van der Waals surface area contributed by atoms with E-state index < -0.39 is 6.10 Å². The van der Waals surface area contributed by atoms with E-state index in [1.165, 1.54) is 22.3 Å². The highest BCUT2D eigenvalue weighted by atomic mass is 127. The lowest BCUT2D eigenvalue weighted by atomic mass is 10.00. The van der Waals surface area contributed by atoms with Crippen molar-refractivity contribution < 1.29 is 5.11 Å². The molecule has 158 valence electrons. The number of β-amino-alcohol motifs (C(OH)–C–C–N with tert-alkyl or cyclic N) is 1. The van der Waals surface area contributed by atoms with Gasteiger partial charge in [0, 0.05) is 32.7 Å². The molecule has 29 heavy (non-hydrogen) atoms. The third-order valence-electron chi connectivity index (χ3n) is 5.03. The second-order valence-corrected chi connectivity index (χ2v) is 7.47. The normalized spacial score (nSPS) is 15.2. The van der Waals surface area contributed by atoms with Gasteiger partial charge in [0.15, 0.2) is 5.96 Å². The maximum absolute atomic E-state index is 10.5. The topological polar surface area (TPSA) is 59.9 Å². The zero-order chi connectivity index (χ0) is 19.8. The monoisotopic (exact) mass is 508 g/mol. The van der Waals surface area contributed by atoms with Gasteiger partial charge in [-0.05, 0) is 37.0 Å². The Morgan fingerprint density at radius 2 is 1.93 bits per heavy atom. The summed E-state index contributed by atoms with van der Waals surface area (Å²) < 4.78 is 0. The average Bonchev–Trinajstić information content (AvgIpc) is 2.70. The van der Waals surface area contributed by atoms with Gasteiger partial charge < -0.3 is 15.7 Å². The van der Waals surface area contributed by atoms with Crippen molar-refractivity contribution in [2.75, 3.05) is 26.2 Å². The van der Waals surface area contributed by atoms with Gasteiger partial charge in [0.05, 0.1) is 12.6 Å². The molecular formula is C23H33IN4O. The summed E-state index contributed by atoms with van der Waals surface area (Å²) in [6.07, 6.45) is 0.616. The van der Waals surface area contributed by atoms with Crippen LogP contribution in [-0.4, -0.2) is 48.2 Å². The second-order valence-electron chi connectivity index (χ2n) is 7.47. The molecule has 1 aliphatic heterocycles. The Labute approximate surface area is 191 Å². The van der Waals surface area contributed by atoms with Crippen LogP contribution in [0.3, 0.4) is 0 Å². The van der Waals surface area contributed by atoms with Crippen LogP contribution in [0.15, 0.2) is 53.5 Å². The van der Waals surface area contributed by atoms with Crippen molar-refractivity contribution >= 4 is 29.9 Å². The lowest BCUT2D eigenvalue weighted by Gasteiger charge is -2.30. The minimum atomic E-state index is -0.437. The second kappa shape index (κ2) is 12.1. The van der Waals surface area contributed by atoms with E-state index in [1.807, 2.05) is 6.92 Å². The molecule has 0 spiro atoms.